The Morgan fingerprint density at radius 3 is 2.85 bits per heavy atom. The molecule has 4 rings (SSSR count). The molecule has 0 radical (unpaired) electrons. The van der Waals surface area contributed by atoms with E-state index in [4.69, 9.17) is 16.3 Å². The summed E-state index contributed by atoms with van der Waals surface area (Å²) in [5, 5.41) is 4.38. The van der Waals surface area contributed by atoms with E-state index in [1.165, 1.54) is 5.56 Å². The van der Waals surface area contributed by atoms with Crippen LogP contribution in [0.3, 0.4) is 0 Å². The van der Waals surface area contributed by atoms with Crippen LogP contribution in [0.15, 0.2) is 59.8 Å². The number of ether oxygens (including phenoxy) is 1. The van der Waals surface area contributed by atoms with E-state index in [0.29, 0.717) is 0 Å². The largest absolute Gasteiger partial charge is 0.497 e. The Morgan fingerprint density at radius 2 is 2.15 bits per heavy atom. The number of fused-ring (bicyclic) bond motifs is 1. The summed E-state index contributed by atoms with van der Waals surface area (Å²) in [4.78, 5) is 4.54. The Hall–Kier alpha value is -2.50. The van der Waals surface area contributed by atoms with E-state index >= 15 is 0 Å². The second-order valence-electron chi connectivity index (χ2n) is 7.02. The van der Waals surface area contributed by atoms with E-state index in [1.54, 1.807) is 7.11 Å². The number of halogens is 1. The second kappa shape index (κ2) is 7.25. The minimum atomic E-state index is -0.381. The standard InChI is InChI=1S/C21H23ClN4O/c1-21(24-13-15-3-9-18(27-2)10-4-15)12-11-20-23-14-19(26(20)25-21)16-5-7-17(22)8-6-16/h3-5,7-12,14,16,24-25H,6,13H2,1-2H3. The molecule has 0 amide bonds. The molecule has 2 aliphatic rings. The molecule has 2 N–H and O–H groups in total. The minimum Gasteiger partial charge on any atom is -0.497 e. The highest BCUT2D eigenvalue weighted by Crippen LogP contribution is 2.30. The smallest absolute Gasteiger partial charge is 0.151 e. The Bertz CT molecular complexity index is 913. The lowest BCUT2D eigenvalue weighted by atomic mass is 9.97. The van der Waals surface area contributed by atoms with Crippen molar-refractivity contribution in [1.82, 2.24) is 15.0 Å². The highest BCUT2D eigenvalue weighted by molar-refractivity contribution is 6.31. The summed E-state index contributed by atoms with van der Waals surface area (Å²) in [6.07, 6.45) is 13.1. The number of nitrogens with one attached hydrogen (secondary N) is 2. The summed E-state index contributed by atoms with van der Waals surface area (Å²) < 4.78 is 7.29. The van der Waals surface area contributed by atoms with Gasteiger partial charge in [-0.05, 0) is 49.3 Å². The first-order valence-electron chi connectivity index (χ1n) is 9.03. The van der Waals surface area contributed by atoms with Crippen LogP contribution in [0.4, 0.5) is 0 Å². The lowest BCUT2D eigenvalue weighted by Crippen LogP contribution is -2.52. The van der Waals surface area contributed by atoms with Crippen LogP contribution in [0.25, 0.3) is 6.08 Å². The zero-order valence-electron chi connectivity index (χ0n) is 15.4. The number of benzene rings is 1. The summed E-state index contributed by atoms with van der Waals surface area (Å²) in [7, 11) is 1.68. The fraction of sp³-hybridized carbons (Fsp3) is 0.286. The van der Waals surface area contributed by atoms with Crippen molar-refractivity contribution >= 4 is 17.7 Å². The highest BCUT2D eigenvalue weighted by Gasteiger charge is 2.28. The van der Waals surface area contributed by atoms with Crippen molar-refractivity contribution in [2.75, 3.05) is 12.5 Å². The van der Waals surface area contributed by atoms with Gasteiger partial charge in [0.05, 0.1) is 19.0 Å². The molecule has 6 heteroatoms. The molecule has 2 aromatic rings. The Kier molecular flexibility index (Phi) is 4.81. The average molecular weight is 383 g/mol. The minimum absolute atomic E-state index is 0.263. The Labute approximate surface area is 164 Å². The van der Waals surface area contributed by atoms with Crippen molar-refractivity contribution in [3.8, 4) is 5.75 Å². The van der Waals surface area contributed by atoms with Crippen molar-refractivity contribution < 1.29 is 4.74 Å². The van der Waals surface area contributed by atoms with Gasteiger partial charge in [-0.2, -0.15) is 0 Å². The number of allylic oxidation sites excluding steroid dienone is 4. The molecule has 2 unspecified atom stereocenters. The van der Waals surface area contributed by atoms with Gasteiger partial charge in [0.1, 0.15) is 11.4 Å². The van der Waals surface area contributed by atoms with Crippen molar-refractivity contribution in [2.24, 2.45) is 0 Å². The molecule has 140 valence electrons. The first kappa shape index (κ1) is 17.9. The van der Waals surface area contributed by atoms with E-state index in [2.05, 4.69) is 57.7 Å². The molecule has 1 aromatic heterocycles. The molecule has 5 nitrogen and oxygen atoms in total. The SMILES string of the molecule is COc1ccc(CNC2(C)C=Cc3ncc(C4C=CC(Cl)=CC4)n3N2)cc1. The number of hydrogen-bond donors (Lipinski definition) is 2. The lowest BCUT2D eigenvalue weighted by molar-refractivity contribution is 0.413. The van der Waals surface area contributed by atoms with Crippen LogP contribution in [-0.2, 0) is 6.54 Å². The third-order valence-corrected chi connectivity index (χ3v) is 5.26. The third kappa shape index (κ3) is 3.80. The number of nitrogens with zero attached hydrogens (tertiary/aromatic N) is 2. The molecule has 2 atom stereocenters. The van der Waals surface area contributed by atoms with Gasteiger partial charge in [-0.15, -0.1) is 0 Å². The van der Waals surface area contributed by atoms with Gasteiger partial charge in [0.2, 0.25) is 0 Å². The molecule has 0 saturated heterocycles. The monoisotopic (exact) mass is 382 g/mol. The van der Waals surface area contributed by atoms with E-state index in [0.717, 1.165) is 35.3 Å². The summed E-state index contributed by atoms with van der Waals surface area (Å²) in [6.45, 7) is 2.85. The van der Waals surface area contributed by atoms with Crippen molar-refractivity contribution in [3.63, 3.8) is 0 Å². The van der Waals surface area contributed by atoms with E-state index in [-0.39, 0.29) is 11.6 Å². The molecule has 0 saturated carbocycles. The van der Waals surface area contributed by atoms with Crippen LogP contribution in [-0.4, -0.2) is 22.4 Å². The Balaban J connectivity index is 1.48. The molecule has 1 aliphatic heterocycles. The lowest BCUT2D eigenvalue weighted by Gasteiger charge is -2.35. The maximum atomic E-state index is 6.06. The van der Waals surface area contributed by atoms with E-state index < -0.39 is 0 Å². The van der Waals surface area contributed by atoms with Crippen molar-refractivity contribution in [3.05, 3.63) is 76.9 Å². The van der Waals surface area contributed by atoms with Gasteiger partial charge in [0.15, 0.2) is 5.82 Å². The van der Waals surface area contributed by atoms with Crippen molar-refractivity contribution in [1.29, 1.82) is 0 Å². The van der Waals surface area contributed by atoms with Gasteiger partial charge >= 0.3 is 0 Å². The van der Waals surface area contributed by atoms with Crippen LogP contribution in [0, 0.1) is 0 Å². The molecule has 1 aromatic carbocycles. The third-order valence-electron chi connectivity index (χ3n) is 4.98. The number of imidazole rings is 1. The average Bonchev–Trinajstić information content (AvgIpc) is 3.10. The van der Waals surface area contributed by atoms with E-state index in [1.807, 2.05) is 30.5 Å². The number of hydrogen-bond acceptors (Lipinski definition) is 4. The van der Waals surface area contributed by atoms with E-state index in [9.17, 15) is 0 Å². The summed E-state index contributed by atoms with van der Waals surface area (Å²) in [6, 6.07) is 8.09. The van der Waals surface area contributed by atoms with Gasteiger partial charge in [-0.25, -0.2) is 9.66 Å². The fourth-order valence-corrected chi connectivity index (χ4v) is 3.49. The predicted octanol–water partition coefficient (Wildman–Crippen LogP) is 4.13. The number of aromatic nitrogens is 2. The zero-order chi connectivity index (χ0) is 18.9. The first-order chi connectivity index (χ1) is 13.1. The molecule has 1 aliphatic carbocycles. The van der Waals surface area contributed by atoms with Crippen LogP contribution < -0.4 is 15.5 Å². The molecule has 0 fully saturated rings. The molecular formula is C21H23ClN4O. The number of methoxy groups -OCH3 is 1. The van der Waals surface area contributed by atoms with Gasteiger partial charge in [0.25, 0.3) is 0 Å². The fourth-order valence-electron chi connectivity index (χ4n) is 3.33. The van der Waals surface area contributed by atoms with Gasteiger partial charge in [-0.1, -0.05) is 35.9 Å². The van der Waals surface area contributed by atoms with Gasteiger partial charge in [0, 0.05) is 17.5 Å². The van der Waals surface area contributed by atoms with Gasteiger partial charge in [-0.3, -0.25) is 5.32 Å². The maximum Gasteiger partial charge on any atom is 0.151 e. The Morgan fingerprint density at radius 1 is 1.33 bits per heavy atom. The molecule has 0 spiro atoms. The first-order valence-corrected chi connectivity index (χ1v) is 9.41. The van der Waals surface area contributed by atoms with Gasteiger partial charge < -0.3 is 10.2 Å². The predicted molar refractivity (Wildman–Crippen MR) is 109 cm³/mol. The van der Waals surface area contributed by atoms with Crippen LogP contribution in [0.1, 0.15) is 36.3 Å². The molecule has 27 heavy (non-hydrogen) atoms. The van der Waals surface area contributed by atoms with Crippen LogP contribution in [0.2, 0.25) is 0 Å². The van der Waals surface area contributed by atoms with Crippen LogP contribution in [0.5, 0.6) is 5.75 Å². The normalized spacial score (nSPS) is 23.5. The quantitative estimate of drug-likeness (QED) is 0.816. The molecular weight excluding hydrogens is 360 g/mol. The zero-order valence-corrected chi connectivity index (χ0v) is 16.2. The number of rotatable bonds is 5. The summed E-state index contributed by atoms with van der Waals surface area (Å²) >= 11 is 6.06. The van der Waals surface area contributed by atoms with Crippen molar-refractivity contribution in [2.45, 2.75) is 31.5 Å². The summed E-state index contributed by atoms with van der Waals surface area (Å²) in [5.41, 5.74) is 5.51. The molecule has 0 bridgehead atoms. The summed E-state index contributed by atoms with van der Waals surface area (Å²) in [5.74, 6) is 2.03. The molecule has 2 heterocycles. The maximum absolute atomic E-state index is 6.06. The topological polar surface area (TPSA) is 51.1 Å². The second-order valence-corrected chi connectivity index (χ2v) is 7.45. The highest BCUT2D eigenvalue weighted by atomic mass is 35.5. The van der Waals surface area contributed by atoms with Crippen LogP contribution >= 0.6 is 11.6 Å².